The minimum Gasteiger partial charge on any atom is -0.251 e. The minimum atomic E-state index is -3.46. The fourth-order valence-electron chi connectivity index (χ4n) is 0.804. The van der Waals surface area contributed by atoms with Crippen molar-refractivity contribution in [3.63, 3.8) is 0 Å². The second kappa shape index (κ2) is 4.69. The van der Waals surface area contributed by atoms with Gasteiger partial charge in [-0.05, 0) is 0 Å². The molecule has 0 atom stereocenters. The maximum absolute atomic E-state index is 11.0. The van der Waals surface area contributed by atoms with Crippen LogP contribution in [-0.4, -0.2) is 35.7 Å². The molecule has 8 heteroatoms. The Labute approximate surface area is 81.4 Å². The van der Waals surface area contributed by atoms with E-state index in [9.17, 15) is 8.42 Å². The Hall–Kier alpha value is -1.46. The minimum absolute atomic E-state index is 0.202. The molecule has 1 rings (SSSR count). The Bertz CT molecular complexity index is 404. The Morgan fingerprint density at radius 1 is 1.57 bits per heavy atom. The van der Waals surface area contributed by atoms with Crippen LogP contribution in [0.1, 0.15) is 0 Å². The van der Waals surface area contributed by atoms with Gasteiger partial charge >= 0.3 is 0 Å². The zero-order valence-electron chi connectivity index (χ0n) is 7.29. The highest BCUT2D eigenvalue weighted by Gasteiger charge is 2.07. The third-order valence-corrected chi connectivity index (χ3v) is 2.54. The maximum atomic E-state index is 11.0. The lowest BCUT2D eigenvalue weighted by Crippen LogP contribution is -2.29. The first-order valence-electron chi connectivity index (χ1n) is 3.82. The molecule has 0 bridgehead atoms. The van der Waals surface area contributed by atoms with Gasteiger partial charge in [-0.25, -0.2) is 13.1 Å². The van der Waals surface area contributed by atoms with Crippen molar-refractivity contribution >= 4 is 10.0 Å². The quantitative estimate of drug-likeness (QED) is 0.659. The van der Waals surface area contributed by atoms with Gasteiger partial charge in [0, 0.05) is 12.7 Å². The SMILES string of the molecule is N#CCS(=O)(=O)NCCn1ccnn1. The topological polar surface area (TPSA) is 101 Å². The summed E-state index contributed by atoms with van der Waals surface area (Å²) in [5.74, 6) is -0.523. The Balaban J connectivity index is 2.32. The third kappa shape index (κ3) is 3.51. The van der Waals surface area contributed by atoms with Crippen molar-refractivity contribution in [2.24, 2.45) is 0 Å². The van der Waals surface area contributed by atoms with Gasteiger partial charge in [-0.1, -0.05) is 5.21 Å². The molecule has 1 heterocycles. The first-order chi connectivity index (χ1) is 6.64. The van der Waals surface area contributed by atoms with Gasteiger partial charge in [-0.3, -0.25) is 4.68 Å². The van der Waals surface area contributed by atoms with E-state index in [1.54, 1.807) is 12.3 Å². The van der Waals surface area contributed by atoms with Crippen LogP contribution in [-0.2, 0) is 16.6 Å². The van der Waals surface area contributed by atoms with Crippen LogP contribution in [0.4, 0.5) is 0 Å². The molecule has 0 unspecified atom stereocenters. The van der Waals surface area contributed by atoms with Gasteiger partial charge in [0.1, 0.15) is 0 Å². The number of nitriles is 1. The lowest BCUT2D eigenvalue weighted by atomic mass is 10.6. The zero-order valence-corrected chi connectivity index (χ0v) is 8.11. The van der Waals surface area contributed by atoms with E-state index < -0.39 is 15.8 Å². The number of hydrogen-bond acceptors (Lipinski definition) is 5. The van der Waals surface area contributed by atoms with Crippen LogP contribution in [0.25, 0.3) is 0 Å². The van der Waals surface area contributed by atoms with Crippen LogP contribution in [0.3, 0.4) is 0 Å². The summed E-state index contributed by atoms with van der Waals surface area (Å²) in [6.45, 7) is 0.595. The molecular weight excluding hydrogens is 206 g/mol. The summed E-state index contributed by atoms with van der Waals surface area (Å²) in [6, 6.07) is 1.57. The largest absolute Gasteiger partial charge is 0.251 e. The van der Waals surface area contributed by atoms with E-state index >= 15 is 0 Å². The summed E-state index contributed by atoms with van der Waals surface area (Å²) >= 11 is 0. The summed E-state index contributed by atoms with van der Waals surface area (Å²) < 4.78 is 25.7. The molecule has 0 saturated carbocycles. The van der Waals surface area contributed by atoms with E-state index in [-0.39, 0.29) is 6.54 Å². The summed E-state index contributed by atoms with van der Waals surface area (Å²) in [6.07, 6.45) is 3.13. The van der Waals surface area contributed by atoms with Crippen molar-refractivity contribution in [3.05, 3.63) is 12.4 Å². The lowest BCUT2D eigenvalue weighted by Gasteiger charge is -2.02. The average molecular weight is 215 g/mol. The first kappa shape index (κ1) is 10.6. The van der Waals surface area contributed by atoms with Crippen LogP contribution < -0.4 is 4.72 Å². The maximum Gasteiger partial charge on any atom is 0.225 e. The summed E-state index contributed by atoms with van der Waals surface area (Å²) in [5, 5.41) is 15.4. The fourth-order valence-corrected chi connectivity index (χ4v) is 1.48. The highest BCUT2D eigenvalue weighted by atomic mass is 32.2. The molecule has 1 aromatic heterocycles. The molecule has 0 spiro atoms. The van der Waals surface area contributed by atoms with Gasteiger partial charge in [0.25, 0.3) is 0 Å². The number of aromatic nitrogens is 3. The van der Waals surface area contributed by atoms with E-state index in [4.69, 9.17) is 5.26 Å². The molecule has 0 radical (unpaired) electrons. The predicted molar refractivity (Wildman–Crippen MR) is 47.4 cm³/mol. The van der Waals surface area contributed by atoms with Crippen molar-refractivity contribution < 1.29 is 8.42 Å². The smallest absolute Gasteiger partial charge is 0.225 e. The molecule has 0 aromatic carbocycles. The van der Waals surface area contributed by atoms with Crippen LogP contribution in [0, 0.1) is 11.3 Å². The van der Waals surface area contributed by atoms with Crippen molar-refractivity contribution in [1.82, 2.24) is 19.7 Å². The Morgan fingerprint density at radius 2 is 2.36 bits per heavy atom. The number of hydrogen-bond donors (Lipinski definition) is 1. The third-order valence-electron chi connectivity index (χ3n) is 1.39. The lowest BCUT2D eigenvalue weighted by molar-refractivity contribution is 0.555. The second-order valence-corrected chi connectivity index (χ2v) is 4.28. The molecule has 0 aliphatic heterocycles. The van der Waals surface area contributed by atoms with Crippen molar-refractivity contribution in [1.29, 1.82) is 5.26 Å². The van der Waals surface area contributed by atoms with Crippen molar-refractivity contribution in [2.45, 2.75) is 6.54 Å². The highest BCUT2D eigenvalue weighted by Crippen LogP contribution is 1.84. The van der Waals surface area contributed by atoms with Gasteiger partial charge in [-0.2, -0.15) is 5.26 Å². The van der Waals surface area contributed by atoms with E-state index in [1.807, 2.05) is 0 Å². The Morgan fingerprint density at radius 3 is 2.93 bits per heavy atom. The zero-order chi connectivity index (χ0) is 10.4. The number of nitrogens with one attached hydrogen (secondary N) is 1. The molecule has 1 N–H and O–H groups in total. The summed E-state index contributed by atoms with van der Waals surface area (Å²) in [5.41, 5.74) is 0. The molecular formula is C6H9N5O2S. The van der Waals surface area contributed by atoms with Gasteiger partial charge in [0.05, 0.1) is 18.8 Å². The second-order valence-electron chi connectivity index (χ2n) is 2.48. The number of rotatable bonds is 5. The van der Waals surface area contributed by atoms with E-state index in [0.717, 1.165) is 0 Å². The number of sulfonamides is 1. The number of nitrogens with zero attached hydrogens (tertiary/aromatic N) is 4. The van der Waals surface area contributed by atoms with Crippen LogP contribution in [0.2, 0.25) is 0 Å². The van der Waals surface area contributed by atoms with E-state index in [2.05, 4.69) is 15.0 Å². The molecule has 0 saturated heterocycles. The standard InChI is InChI=1S/C6H9N5O2S/c7-1-6-14(12,13)9-3-5-11-4-2-8-10-11/h2,4,9H,3,5-6H2. The van der Waals surface area contributed by atoms with Crippen LogP contribution in [0.15, 0.2) is 12.4 Å². The summed E-state index contributed by atoms with van der Waals surface area (Å²) in [7, 11) is -3.46. The molecule has 7 nitrogen and oxygen atoms in total. The van der Waals surface area contributed by atoms with Gasteiger partial charge < -0.3 is 0 Å². The van der Waals surface area contributed by atoms with E-state index in [1.165, 1.54) is 10.9 Å². The fraction of sp³-hybridized carbons (Fsp3) is 0.500. The molecule has 0 amide bonds. The molecule has 76 valence electrons. The summed E-state index contributed by atoms with van der Waals surface area (Å²) in [4.78, 5) is 0. The van der Waals surface area contributed by atoms with Gasteiger partial charge in [-0.15, -0.1) is 5.10 Å². The molecule has 14 heavy (non-hydrogen) atoms. The van der Waals surface area contributed by atoms with Crippen molar-refractivity contribution in [2.75, 3.05) is 12.3 Å². The first-order valence-corrected chi connectivity index (χ1v) is 5.48. The van der Waals surface area contributed by atoms with Gasteiger partial charge in [0.2, 0.25) is 10.0 Å². The monoisotopic (exact) mass is 215 g/mol. The molecule has 1 aromatic rings. The highest BCUT2D eigenvalue weighted by molar-refractivity contribution is 7.89. The Kier molecular flexibility index (Phi) is 3.55. The van der Waals surface area contributed by atoms with Crippen molar-refractivity contribution in [3.8, 4) is 6.07 Å². The van der Waals surface area contributed by atoms with Gasteiger partial charge in [0.15, 0.2) is 5.75 Å². The molecule has 0 aliphatic carbocycles. The normalized spacial score (nSPS) is 11.1. The van der Waals surface area contributed by atoms with Crippen LogP contribution >= 0.6 is 0 Å². The average Bonchev–Trinajstić information content (AvgIpc) is 2.56. The van der Waals surface area contributed by atoms with Crippen LogP contribution in [0.5, 0.6) is 0 Å². The molecule has 0 fully saturated rings. The predicted octanol–water partition coefficient (Wildman–Crippen LogP) is -1.28. The van der Waals surface area contributed by atoms with E-state index in [0.29, 0.717) is 6.54 Å². The molecule has 0 aliphatic rings.